The van der Waals surface area contributed by atoms with Crippen LogP contribution in [0.25, 0.3) is 16.8 Å². The first kappa shape index (κ1) is 10.2. The van der Waals surface area contributed by atoms with Gasteiger partial charge in [-0.15, -0.1) is 0 Å². The van der Waals surface area contributed by atoms with Crippen LogP contribution in [0.5, 0.6) is 0 Å². The van der Waals surface area contributed by atoms with Gasteiger partial charge in [0, 0.05) is 18.0 Å². The Kier molecular flexibility index (Phi) is 2.30. The molecule has 4 nitrogen and oxygen atoms in total. The molecule has 3 aromatic heterocycles. The highest BCUT2D eigenvalue weighted by molar-refractivity contribution is 6.32. The Labute approximate surface area is 103 Å². The molecule has 84 valence electrons. The number of fused-ring (bicyclic) bond motifs is 1. The summed E-state index contributed by atoms with van der Waals surface area (Å²) in [5.41, 5.74) is 3.77. The summed E-state index contributed by atoms with van der Waals surface area (Å²) in [5, 5.41) is 4.55. The predicted octanol–water partition coefficient (Wildman–Crippen LogP) is 2.75. The largest absolute Gasteiger partial charge is 0.244 e. The summed E-state index contributed by atoms with van der Waals surface area (Å²) in [4.78, 5) is 8.29. The molecule has 0 aliphatic rings. The molecule has 3 aromatic rings. The summed E-state index contributed by atoms with van der Waals surface area (Å²) in [6, 6.07) is 5.90. The number of aromatic nitrogens is 4. The molecule has 3 rings (SSSR count). The average Bonchev–Trinajstić information content (AvgIpc) is 2.79. The molecule has 0 unspecified atom stereocenters. The molecule has 0 amide bonds. The number of aryl methyl sites for hydroxylation is 1. The van der Waals surface area contributed by atoms with Crippen LogP contribution in [0.15, 0.2) is 36.9 Å². The van der Waals surface area contributed by atoms with E-state index in [4.69, 9.17) is 11.6 Å². The third-order valence-electron chi connectivity index (χ3n) is 2.57. The third-order valence-corrected chi connectivity index (χ3v) is 2.87. The topological polar surface area (TPSA) is 43.1 Å². The third kappa shape index (κ3) is 1.76. The minimum Gasteiger partial charge on any atom is -0.244 e. The summed E-state index contributed by atoms with van der Waals surface area (Å²) in [6.45, 7) is 1.99. The molecule has 0 fully saturated rings. The Morgan fingerprint density at radius 1 is 1.24 bits per heavy atom. The van der Waals surface area contributed by atoms with Crippen LogP contribution >= 0.6 is 11.6 Å². The summed E-state index contributed by atoms with van der Waals surface area (Å²) in [6.07, 6.45) is 5.13. The molecule has 0 saturated heterocycles. The molecule has 0 radical (unpaired) electrons. The first-order valence-corrected chi connectivity index (χ1v) is 5.54. The van der Waals surface area contributed by atoms with Crippen LogP contribution < -0.4 is 0 Å². The first-order chi connectivity index (χ1) is 8.24. The van der Waals surface area contributed by atoms with E-state index in [1.807, 2.05) is 31.3 Å². The molecule has 17 heavy (non-hydrogen) atoms. The van der Waals surface area contributed by atoms with E-state index in [0.29, 0.717) is 5.15 Å². The molecule has 0 aliphatic heterocycles. The number of rotatable bonds is 1. The van der Waals surface area contributed by atoms with Crippen LogP contribution in [0.2, 0.25) is 5.15 Å². The van der Waals surface area contributed by atoms with Gasteiger partial charge in [-0.3, -0.25) is 0 Å². The quantitative estimate of drug-likeness (QED) is 0.618. The fourth-order valence-corrected chi connectivity index (χ4v) is 1.95. The highest BCUT2D eigenvalue weighted by Crippen LogP contribution is 2.27. The van der Waals surface area contributed by atoms with Crippen molar-refractivity contribution in [2.24, 2.45) is 0 Å². The lowest BCUT2D eigenvalue weighted by atomic mass is 10.1. The van der Waals surface area contributed by atoms with Crippen LogP contribution in [0.1, 0.15) is 5.56 Å². The molecular weight excluding hydrogens is 236 g/mol. The van der Waals surface area contributed by atoms with Crippen molar-refractivity contribution >= 4 is 17.2 Å². The monoisotopic (exact) mass is 244 g/mol. The van der Waals surface area contributed by atoms with Gasteiger partial charge in [-0.1, -0.05) is 11.6 Å². The molecule has 0 bridgehead atoms. The second-order valence-electron chi connectivity index (χ2n) is 3.83. The number of pyridine rings is 2. The van der Waals surface area contributed by atoms with E-state index in [1.54, 1.807) is 10.7 Å². The Hall–Kier alpha value is -1.94. The molecule has 3 heterocycles. The second-order valence-corrected chi connectivity index (χ2v) is 4.19. The van der Waals surface area contributed by atoms with Crippen LogP contribution in [-0.4, -0.2) is 19.6 Å². The molecule has 0 atom stereocenters. The van der Waals surface area contributed by atoms with Gasteiger partial charge in [-0.05, 0) is 36.2 Å². The maximum Gasteiger partial charge on any atom is 0.155 e. The Morgan fingerprint density at radius 2 is 2.12 bits per heavy atom. The molecule has 0 N–H and O–H groups in total. The lowest BCUT2D eigenvalue weighted by molar-refractivity contribution is 0.961. The molecule has 0 spiro atoms. The highest BCUT2D eigenvalue weighted by Gasteiger charge is 2.06. The van der Waals surface area contributed by atoms with Crippen molar-refractivity contribution in [3.63, 3.8) is 0 Å². The maximum atomic E-state index is 6.10. The lowest BCUT2D eigenvalue weighted by Gasteiger charge is -2.05. The van der Waals surface area contributed by atoms with Crippen molar-refractivity contribution in [1.29, 1.82) is 0 Å². The van der Waals surface area contributed by atoms with E-state index in [0.717, 1.165) is 22.3 Å². The Bertz CT molecular complexity index is 690. The smallest absolute Gasteiger partial charge is 0.155 e. The van der Waals surface area contributed by atoms with Crippen LogP contribution in [0.4, 0.5) is 0 Å². The zero-order valence-corrected chi connectivity index (χ0v) is 9.89. The number of nitrogens with zero attached hydrogens (tertiary/aromatic N) is 4. The van der Waals surface area contributed by atoms with Crippen molar-refractivity contribution in [2.45, 2.75) is 6.92 Å². The number of halogens is 1. The van der Waals surface area contributed by atoms with E-state index >= 15 is 0 Å². The average molecular weight is 245 g/mol. The van der Waals surface area contributed by atoms with Gasteiger partial charge < -0.3 is 0 Å². The summed E-state index contributed by atoms with van der Waals surface area (Å²) in [5.74, 6) is 0. The number of hydrogen-bond donors (Lipinski definition) is 0. The van der Waals surface area contributed by atoms with E-state index in [2.05, 4.69) is 15.1 Å². The van der Waals surface area contributed by atoms with Gasteiger partial charge in [-0.2, -0.15) is 5.10 Å². The molecule has 5 heteroatoms. The van der Waals surface area contributed by atoms with Gasteiger partial charge in [0.1, 0.15) is 11.5 Å². The summed E-state index contributed by atoms with van der Waals surface area (Å²) in [7, 11) is 0. The van der Waals surface area contributed by atoms with Crippen LogP contribution in [-0.2, 0) is 0 Å². The van der Waals surface area contributed by atoms with Crippen molar-refractivity contribution < 1.29 is 0 Å². The Balaban J connectivity index is 2.22. The second kappa shape index (κ2) is 3.82. The Morgan fingerprint density at radius 3 is 3.00 bits per heavy atom. The van der Waals surface area contributed by atoms with E-state index < -0.39 is 0 Å². The fourth-order valence-electron chi connectivity index (χ4n) is 1.74. The van der Waals surface area contributed by atoms with Gasteiger partial charge >= 0.3 is 0 Å². The minimum atomic E-state index is 0.500. The fraction of sp³-hybridized carbons (Fsp3) is 0.0833. The van der Waals surface area contributed by atoms with Crippen molar-refractivity contribution in [3.05, 3.63) is 47.6 Å². The molecule has 0 aromatic carbocycles. The lowest BCUT2D eigenvalue weighted by Crippen LogP contribution is -1.89. The van der Waals surface area contributed by atoms with E-state index in [9.17, 15) is 0 Å². The van der Waals surface area contributed by atoms with Gasteiger partial charge in [-0.25, -0.2) is 14.5 Å². The van der Waals surface area contributed by atoms with Crippen molar-refractivity contribution in [2.75, 3.05) is 0 Å². The van der Waals surface area contributed by atoms with E-state index in [-0.39, 0.29) is 0 Å². The summed E-state index contributed by atoms with van der Waals surface area (Å²) < 4.78 is 1.71. The predicted molar refractivity (Wildman–Crippen MR) is 66.0 cm³/mol. The van der Waals surface area contributed by atoms with Gasteiger partial charge in [0.05, 0.1) is 0 Å². The van der Waals surface area contributed by atoms with Gasteiger partial charge in [0.15, 0.2) is 5.65 Å². The van der Waals surface area contributed by atoms with Crippen molar-refractivity contribution in [3.8, 4) is 11.1 Å². The van der Waals surface area contributed by atoms with Crippen LogP contribution in [0, 0.1) is 6.92 Å². The zero-order valence-electron chi connectivity index (χ0n) is 9.13. The molecule has 0 saturated carbocycles. The standard InChI is InChI=1S/C12H9ClN4/c1-8-4-10(12(13)14-6-8)9-2-3-17-11(5-9)15-7-16-17/h2-7H,1H3. The zero-order chi connectivity index (χ0) is 11.8. The highest BCUT2D eigenvalue weighted by atomic mass is 35.5. The summed E-state index contributed by atoms with van der Waals surface area (Å²) >= 11 is 6.10. The maximum absolute atomic E-state index is 6.10. The van der Waals surface area contributed by atoms with Gasteiger partial charge in [0.25, 0.3) is 0 Å². The molecular formula is C12H9ClN4. The van der Waals surface area contributed by atoms with Crippen LogP contribution in [0.3, 0.4) is 0 Å². The SMILES string of the molecule is Cc1cnc(Cl)c(-c2ccn3ncnc3c2)c1. The minimum absolute atomic E-state index is 0.500. The first-order valence-electron chi connectivity index (χ1n) is 5.16. The molecule has 0 aliphatic carbocycles. The van der Waals surface area contributed by atoms with E-state index in [1.165, 1.54) is 6.33 Å². The van der Waals surface area contributed by atoms with Crippen molar-refractivity contribution in [1.82, 2.24) is 19.6 Å². The number of hydrogen-bond acceptors (Lipinski definition) is 3. The van der Waals surface area contributed by atoms with Gasteiger partial charge in [0.2, 0.25) is 0 Å². The normalized spacial score (nSPS) is 10.9.